The lowest BCUT2D eigenvalue weighted by Crippen LogP contribution is -2.53. The van der Waals surface area contributed by atoms with Crippen molar-refractivity contribution in [1.82, 2.24) is 25.3 Å². The number of rotatable bonds is 9. The van der Waals surface area contributed by atoms with Crippen LogP contribution in [0.2, 0.25) is 0 Å². The summed E-state index contributed by atoms with van der Waals surface area (Å²) in [7, 11) is 2.28. The first-order valence-electron chi connectivity index (χ1n) is 20.4. The lowest BCUT2D eigenvalue weighted by molar-refractivity contribution is -0.138. The molecule has 8 rings (SSSR count). The molecule has 0 aliphatic carbocycles. The number of piperidine rings is 4. The van der Waals surface area contributed by atoms with Gasteiger partial charge in [0.1, 0.15) is 5.75 Å². The molecule has 4 aliphatic heterocycles. The summed E-state index contributed by atoms with van der Waals surface area (Å²) in [5, 5.41) is 21.5. The van der Waals surface area contributed by atoms with Crippen molar-refractivity contribution < 1.29 is 19.5 Å². The summed E-state index contributed by atoms with van der Waals surface area (Å²) < 4.78 is 0. The normalized spacial score (nSPS) is 21.0. The van der Waals surface area contributed by atoms with Crippen LogP contribution in [-0.4, -0.2) is 102 Å². The maximum absolute atomic E-state index is 13.8. The zero-order valence-electron chi connectivity index (χ0n) is 32.4. The van der Waals surface area contributed by atoms with Gasteiger partial charge in [0.15, 0.2) is 0 Å². The van der Waals surface area contributed by atoms with Gasteiger partial charge in [-0.1, -0.05) is 54.6 Å². The van der Waals surface area contributed by atoms with Crippen LogP contribution in [0.1, 0.15) is 68.4 Å². The third-order valence-corrected chi connectivity index (χ3v) is 13.0. The molecule has 1 atom stereocenters. The van der Waals surface area contributed by atoms with E-state index in [1.54, 1.807) is 6.07 Å². The first-order valence-corrected chi connectivity index (χ1v) is 20.4. The van der Waals surface area contributed by atoms with Gasteiger partial charge in [-0.05, 0) is 93.5 Å². The van der Waals surface area contributed by atoms with Crippen LogP contribution in [0.25, 0.3) is 11.3 Å². The highest BCUT2D eigenvalue weighted by atomic mass is 16.3. The molecule has 0 spiro atoms. The first-order chi connectivity index (χ1) is 27.3. The standard InChI is InChI=1S/C45H53N7O4/c1-49(31-45(34-7-3-2-4-8-34)21-27-51(28-22-45)37-29-40(48-46-30-37)39-9-5-6-10-41(39)53)35-19-25-52(26-20-35)44(56)33-17-23-50(24-18-33)36-13-11-32(12-14-36)38-15-16-42(54)47-43(38)55/h2-14,29-30,33,35,38,53H,15-28,31H2,1H3,(H,47,54,55)/t38-/m0/s1. The minimum Gasteiger partial charge on any atom is -0.507 e. The number of amides is 3. The number of carbonyl (C=O) groups is 3. The van der Waals surface area contributed by atoms with Crippen LogP contribution in [0.3, 0.4) is 0 Å². The Balaban J connectivity index is 0.838. The number of benzene rings is 3. The van der Waals surface area contributed by atoms with E-state index in [-0.39, 0.29) is 34.8 Å². The molecule has 4 saturated heterocycles. The van der Waals surface area contributed by atoms with Gasteiger partial charge in [0.05, 0.1) is 23.5 Å². The summed E-state index contributed by atoms with van der Waals surface area (Å²) in [4.78, 5) is 47.1. The summed E-state index contributed by atoms with van der Waals surface area (Å²) in [6, 6.07) is 28.9. The lowest BCUT2D eigenvalue weighted by atomic mass is 9.72. The number of para-hydroxylation sites is 1. The predicted molar refractivity (Wildman–Crippen MR) is 217 cm³/mol. The molecular formula is C45H53N7O4. The molecule has 292 valence electrons. The number of aromatic nitrogens is 2. The fraction of sp³-hybridized carbons (Fsp3) is 0.444. The number of phenolic OH excluding ortho intramolecular Hbond substituents is 1. The molecule has 0 unspecified atom stereocenters. The van der Waals surface area contributed by atoms with Gasteiger partial charge < -0.3 is 24.7 Å². The Morgan fingerprint density at radius 1 is 0.821 bits per heavy atom. The summed E-state index contributed by atoms with van der Waals surface area (Å²) in [5.74, 6) is -0.114. The third kappa shape index (κ3) is 8.00. The van der Waals surface area contributed by atoms with Crippen molar-refractivity contribution >= 4 is 29.1 Å². The second kappa shape index (κ2) is 16.4. The molecule has 0 radical (unpaired) electrons. The van der Waals surface area contributed by atoms with Crippen LogP contribution in [0, 0.1) is 5.92 Å². The Labute approximate surface area is 329 Å². The summed E-state index contributed by atoms with van der Waals surface area (Å²) in [6.07, 6.45) is 8.42. The molecule has 0 bridgehead atoms. The predicted octanol–water partition coefficient (Wildman–Crippen LogP) is 5.75. The molecule has 1 aromatic heterocycles. The summed E-state index contributed by atoms with van der Waals surface area (Å²) >= 11 is 0. The molecule has 3 aromatic carbocycles. The molecular weight excluding hydrogens is 703 g/mol. The minimum atomic E-state index is -0.277. The van der Waals surface area contributed by atoms with Crippen LogP contribution < -0.4 is 15.1 Å². The molecule has 11 heteroatoms. The maximum atomic E-state index is 13.8. The lowest BCUT2D eigenvalue weighted by Gasteiger charge is -2.47. The van der Waals surface area contributed by atoms with E-state index < -0.39 is 0 Å². The van der Waals surface area contributed by atoms with Crippen molar-refractivity contribution in [1.29, 1.82) is 0 Å². The largest absolute Gasteiger partial charge is 0.507 e. The number of carbonyl (C=O) groups excluding carboxylic acids is 3. The van der Waals surface area contributed by atoms with Gasteiger partial charge in [0.25, 0.3) is 0 Å². The highest BCUT2D eigenvalue weighted by molar-refractivity contribution is 6.01. The summed E-state index contributed by atoms with van der Waals surface area (Å²) in [5.41, 5.74) is 5.84. The molecule has 4 fully saturated rings. The SMILES string of the molecule is CN(CC1(c2ccccc2)CCN(c2cnnc(-c3ccccc3O)c2)CC1)C1CCN(C(=O)C2CCN(c3ccc([C@@H]4CCC(=O)NC4=O)cc3)CC2)CC1. The molecule has 5 heterocycles. The van der Waals surface area contributed by atoms with E-state index in [9.17, 15) is 19.5 Å². The average molecular weight is 756 g/mol. The van der Waals surface area contributed by atoms with Crippen molar-refractivity contribution in [3.8, 4) is 17.0 Å². The highest BCUT2D eigenvalue weighted by Crippen LogP contribution is 2.39. The van der Waals surface area contributed by atoms with E-state index in [2.05, 4.69) is 84.6 Å². The van der Waals surface area contributed by atoms with Crippen LogP contribution in [0.15, 0.2) is 91.1 Å². The molecule has 56 heavy (non-hydrogen) atoms. The molecule has 4 aliphatic rings. The molecule has 0 saturated carbocycles. The zero-order chi connectivity index (χ0) is 38.6. The number of aromatic hydroxyl groups is 1. The number of likely N-dealkylation sites (N-methyl/N-ethyl adjacent to an activating group) is 1. The fourth-order valence-corrected chi connectivity index (χ4v) is 9.58. The van der Waals surface area contributed by atoms with Crippen molar-refractivity contribution in [2.75, 3.05) is 62.7 Å². The van der Waals surface area contributed by atoms with Gasteiger partial charge in [-0.3, -0.25) is 19.7 Å². The topological polar surface area (TPSA) is 122 Å². The number of likely N-dealkylation sites (tertiary alicyclic amines) is 1. The van der Waals surface area contributed by atoms with E-state index in [4.69, 9.17) is 0 Å². The van der Waals surface area contributed by atoms with E-state index in [0.717, 1.165) is 101 Å². The highest BCUT2D eigenvalue weighted by Gasteiger charge is 2.40. The van der Waals surface area contributed by atoms with Crippen molar-refractivity contribution in [3.63, 3.8) is 0 Å². The number of hydrogen-bond donors (Lipinski definition) is 2. The van der Waals surface area contributed by atoms with Crippen LogP contribution in [0.4, 0.5) is 11.4 Å². The Kier molecular flexibility index (Phi) is 11.0. The Bertz CT molecular complexity index is 2000. The Morgan fingerprint density at radius 2 is 1.50 bits per heavy atom. The number of anilines is 2. The molecule has 2 N–H and O–H groups in total. The van der Waals surface area contributed by atoms with Gasteiger partial charge >= 0.3 is 0 Å². The molecule has 3 amide bonds. The molecule has 11 nitrogen and oxygen atoms in total. The van der Waals surface area contributed by atoms with Crippen molar-refractivity contribution in [2.45, 2.75) is 68.7 Å². The minimum absolute atomic E-state index is 0.0136. The van der Waals surface area contributed by atoms with E-state index in [0.29, 0.717) is 36.0 Å². The number of hydrogen-bond acceptors (Lipinski definition) is 9. The van der Waals surface area contributed by atoms with Gasteiger partial charge in [-0.2, -0.15) is 10.2 Å². The summed E-state index contributed by atoms with van der Waals surface area (Å²) in [6.45, 7) is 6.03. The Hall–Kier alpha value is -5.29. The maximum Gasteiger partial charge on any atom is 0.234 e. The third-order valence-electron chi connectivity index (χ3n) is 13.0. The monoisotopic (exact) mass is 755 g/mol. The smallest absolute Gasteiger partial charge is 0.234 e. The van der Waals surface area contributed by atoms with Crippen LogP contribution >= 0.6 is 0 Å². The van der Waals surface area contributed by atoms with Gasteiger partial charge in [0, 0.05) is 80.9 Å². The van der Waals surface area contributed by atoms with Crippen molar-refractivity contribution in [2.24, 2.45) is 5.92 Å². The average Bonchev–Trinajstić information content (AvgIpc) is 3.24. The number of nitrogens with zero attached hydrogens (tertiary/aromatic N) is 6. The zero-order valence-corrected chi connectivity index (χ0v) is 32.4. The van der Waals surface area contributed by atoms with E-state index in [1.165, 1.54) is 5.56 Å². The fourth-order valence-electron chi connectivity index (χ4n) is 9.58. The van der Waals surface area contributed by atoms with E-state index >= 15 is 0 Å². The Morgan fingerprint density at radius 3 is 2.20 bits per heavy atom. The number of phenols is 1. The number of nitrogens with one attached hydrogen (secondary N) is 1. The van der Waals surface area contributed by atoms with Gasteiger partial charge in [-0.25, -0.2) is 0 Å². The quantitative estimate of drug-likeness (QED) is 0.206. The first kappa shape index (κ1) is 37.6. The van der Waals surface area contributed by atoms with Crippen LogP contribution in [0.5, 0.6) is 5.75 Å². The number of imide groups is 1. The van der Waals surface area contributed by atoms with Crippen LogP contribution in [-0.2, 0) is 19.8 Å². The van der Waals surface area contributed by atoms with Gasteiger partial charge in [0.2, 0.25) is 17.7 Å². The van der Waals surface area contributed by atoms with Crippen molar-refractivity contribution in [3.05, 3.63) is 102 Å². The van der Waals surface area contributed by atoms with Gasteiger partial charge in [-0.15, -0.1) is 0 Å². The molecule has 4 aromatic rings. The second-order valence-electron chi connectivity index (χ2n) is 16.3. The second-order valence-corrected chi connectivity index (χ2v) is 16.3. The van der Waals surface area contributed by atoms with E-state index in [1.807, 2.05) is 42.6 Å².